The first-order chi connectivity index (χ1) is 12.4. The Balaban J connectivity index is 1.66. The number of nitrogens with one attached hydrogen (secondary N) is 1. The lowest BCUT2D eigenvalue weighted by molar-refractivity contribution is 0.0677. The minimum absolute atomic E-state index is 0.102. The highest BCUT2D eigenvalue weighted by atomic mass is 35.5. The van der Waals surface area contributed by atoms with E-state index in [-0.39, 0.29) is 29.2 Å². The normalized spacial score (nSPS) is 16.5. The topological polar surface area (TPSA) is 99.4 Å². The summed E-state index contributed by atoms with van der Waals surface area (Å²) in [6.07, 6.45) is 2.91. The number of hydrogen-bond donors (Lipinski definition) is 3. The molecule has 1 fully saturated rings. The van der Waals surface area contributed by atoms with Gasteiger partial charge in [0.2, 0.25) is 5.56 Å². The van der Waals surface area contributed by atoms with E-state index < -0.39 is 0 Å². The second-order valence-electron chi connectivity index (χ2n) is 6.76. The van der Waals surface area contributed by atoms with Gasteiger partial charge < -0.3 is 20.7 Å². The zero-order valence-electron chi connectivity index (χ0n) is 14.5. The predicted octanol–water partition coefficient (Wildman–Crippen LogP) is 2.59. The predicted molar refractivity (Wildman–Crippen MR) is 100 cm³/mol. The fourth-order valence-electron chi connectivity index (χ4n) is 3.39. The van der Waals surface area contributed by atoms with E-state index in [0.29, 0.717) is 29.2 Å². The molecule has 2 heterocycles. The number of aryl methyl sites for hydroxylation is 1. The summed E-state index contributed by atoms with van der Waals surface area (Å²) in [5.74, 6) is 0.208. The molecule has 6 nitrogen and oxygen atoms in total. The third kappa shape index (κ3) is 3.76. The minimum atomic E-state index is -0.335. The second kappa shape index (κ2) is 7.51. The molecule has 0 bridgehead atoms. The summed E-state index contributed by atoms with van der Waals surface area (Å²) in [6, 6.07) is 5.91. The van der Waals surface area contributed by atoms with Crippen molar-refractivity contribution in [2.24, 2.45) is 11.7 Å². The summed E-state index contributed by atoms with van der Waals surface area (Å²) in [4.78, 5) is 27.9. The first-order valence-electron chi connectivity index (χ1n) is 8.59. The largest absolute Gasteiger partial charge is 0.508 e. The SMILES string of the molecule is Cc1cc(O)c(C(N)C2CCN(C(=O)c3ccc(=O)[nH]c3)CC2)cc1Cl. The molecule has 1 aromatic carbocycles. The van der Waals surface area contributed by atoms with Crippen LogP contribution in [0.4, 0.5) is 0 Å². The highest BCUT2D eigenvalue weighted by molar-refractivity contribution is 6.31. The van der Waals surface area contributed by atoms with Crippen LogP contribution in [0.25, 0.3) is 0 Å². The molecule has 1 atom stereocenters. The molecule has 0 radical (unpaired) electrons. The molecule has 1 aliphatic rings. The number of amides is 1. The van der Waals surface area contributed by atoms with Gasteiger partial charge in [0.25, 0.3) is 5.91 Å². The van der Waals surface area contributed by atoms with E-state index in [2.05, 4.69) is 4.98 Å². The maximum absolute atomic E-state index is 12.5. The van der Waals surface area contributed by atoms with E-state index in [1.54, 1.807) is 17.0 Å². The van der Waals surface area contributed by atoms with E-state index in [9.17, 15) is 14.7 Å². The Morgan fingerprint density at radius 2 is 2.04 bits per heavy atom. The van der Waals surface area contributed by atoms with E-state index >= 15 is 0 Å². The van der Waals surface area contributed by atoms with Crippen LogP contribution in [0.5, 0.6) is 5.75 Å². The van der Waals surface area contributed by atoms with Crippen molar-refractivity contribution in [3.05, 3.63) is 62.5 Å². The molecule has 1 unspecified atom stereocenters. The second-order valence-corrected chi connectivity index (χ2v) is 7.16. The maximum Gasteiger partial charge on any atom is 0.255 e. The average molecular weight is 376 g/mol. The number of carbonyl (C=O) groups is 1. The van der Waals surface area contributed by atoms with Gasteiger partial charge in [-0.2, -0.15) is 0 Å². The number of aromatic hydroxyl groups is 1. The average Bonchev–Trinajstić information content (AvgIpc) is 2.64. The van der Waals surface area contributed by atoms with Crippen molar-refractivity contribution in [3.63, 3.8) is 0 Å². The van der Waals surface area contributed by atoms with Crippen LogP contribution < -0.4 is 11.3 Å². The number of halogens is 1. The van der Waals surface area contributed by atoms with Crippen LogP contribution in [-0.2, 0) is 0 Å². The molecule has 1 amide bonds. The number of nitrogens with two attached hydrogens (primary N) is 1. The molecule has 0 saturated carbocycles. The van der Waals surface area contributed by atoms with Crippen LogP contribution in [0.1, 0.15) is 40.4 Å². The van der Waals surface area contributed by atoms with Crippen molar-refractivity contribution >= 4 is 17.5 Å². The molecular weight excluding hydrogens is 354 g/mol. The van der Waals surface area contributed by atoms with Crippen LogP contribution in [0.2, 0.25) is 5.02 Å². The number of carbonyl (C=O) groups excluding carboxylic acids is 1. The number of rotatable bonds is 3. The number of aromatic amines is 1. The van der Waals surface area contributed by atoms with Gasteiger partial charge in [0.15, 0.2) is 0 Å². The molecule has 4 N–H and O–H groups in total. The lowest BCUT2D eigenvalue weighted by Crippen LogP contribution is -2.41. The zero-order chi connectivity index (χ0) is 18.8. The van der Waals surface area contributed by atoms with Crippen molar-refractivity contribution in [1.82, 2.24) is 9.88 Å². The van der Waals surface area contributed by atoms with E-state index in [0.717, 1.165) is 18.4 Å². The monoisotopic (exact) mass is 375 g/mol. The van der Waals surface area contributed by atoms with E-state index in [1.807, 2.05) is 6.92 Å². The Labute approximate surface area is 156 Å². The zero-order valence-corrected chi connectivity index (χ0v) is 15.3. The van der Waals surface area contributed by atoms with E-state index in [4.69, 9.17) is 17.3 Å². The first kappa shape index (κ1) is 18.5. The number of nitrogens with zero attached hydrogens (tertiary/aromatic N) is 1. The number of hydrogen-bond acceptors (Lipinski definition) is 4. The third-order valence-electron chi connectivity index (χ3n) is 5.03. The Morgan fingerprint density at radius 1 is 1.35 bits per heavy atom. The van der Waals surface area contributed by atoms with Gasteiger partial charge in [0.05, 0.1) is 5.56 Å². The summed E-state index contributed by atoms with van der Waals surface area (Å²) < 4.78 is 0. The van der Waals surface area contributed by atoms with E-state index in [1.165, 1.54) is 18.3 Å². The van der Waals surface area contributed by atoms with Crippen molar-refractivity contribution in [3.8, 4) is 5.75 Å². The van der Waals surface area contributed by atoms with Crippen molar-refractivity contribution < 1.29 is 9.90 Å². The summed E-state index contributed by atoms with van der Waals surface area (Å²) >= 11 is 6.17. The van der Waals surface area contributed by atoms with Gasteiger partial charge in [-0.1, -0.05) is 11.6 Å². The van der Waals surface area contributed by atoms with Gasteiger partial charge in [-0.3, -0.25) is 9.59 Å². The van der Waals surface area contributed by atoms with Gasteiger partial charge in [-0.05, 0) is 49.4 Å². The number of phenolic OH excluding ortho intramolecular Hbond substituents is 1. The lowest BCUT2D eigenvalue weighted by Gasteiger charge is -2.35. The number of benzene rings is 1. The quantitative estimate of drug-likeness (QED) is 0.767. The van der Waals surface area contributed by atoms with Gasteiger partial charge in [-0.25, -0.2) is 0 Å². The standard InChI is InChI=1S/C19H22ClN3O3/c1-11-8-16(24)14(9-15(11)20)18(21)12-4-6-23(7-5-12)19(26)13-2-3-17(25)22-10-13/h2-3,8-10,12,18,24H,4-7,21H2,1H3,(H,22,25). The molecule has 7 heteroatoms. The molecule has 1 aromatic heterocycles. The van der Waals surface area contributed by atoms with Crippen LogP contribution in [-0.4, -0.2) is 34.0 Å². The van der Waals surface area contributed by atoms with Crippen LogP contribution in [0.15, 0.2) is 35.3 Å². The van der Waals surface area contributed by atoms with Crippen molar-refractivity contribution in [2.45, 2.75) is 25.8 Å². The Hall–Kier alpha value is -2.31. The van der Waals surface area contributed by atoms with Crippen LogP contribution in [0, 0.1) is 12.8 Å². The summed E-state index contributed by atoms with van der Waals surface area (Å²) in [5, 5.41) is 10.8. The number of likely N-dealkylation sites (tertiary alicyclic amines) is 1. The Kier molecular flexibility index (Phi) is 5.34. The maximum atomic E-state index is 12.5. The van der Waals surface area contributed by atoms with Crippen molar-refractivity contribution in [2.75, 3.05) is 13.1 Å². The number of pyridine rings is 1. The number of aromatic nitrogens is 1. The number of piperidine rings is 1. The van der Waals surface area contributed by atoms with Gasteiger partial charge in [0.1, 0.15) is 5.75 Å². The summed E-state index contributed by atoms with van der Waals surface area (Å²) in [5.41, 5.74) is 8.06. The highest BCUT2D eigenvalue weighted by Crippen LogP contribution is 2.36. The van der Waals surface area contributed by atoms with Crippen LogP contribution in [0.3, 0.4) is 0 Å². The Bertz CT molecular complexity index is 852. The molecule has 26 heavy (non-hydrogen) atoms. The fourth-order valence-corrected chi connectivity index (χ4v) is 3.56. The lowest BCUT2D eigenvalue weighted by atomic mass is 9.85. The molecule has 1 aliphatic heterocycles. The molecule has 3 rings (SSSR count). The number of H-pyrrole nitrogens is 1. The van der Waals surface area contributed by atoms with Gasteiger partial charge in [-0.15, -0.1) is 0 Å². The summed E-state index contributed by atoms with van der Waals surface area (Å²) in [6.45, 7) is 2.99. The summed E-state index contributed by atoms with van der Waals surface area (Å²) in [7, 11) is 0. The molecule has 0 spiro atoms. The Morgan fingerprint density at radius 3 is 2.65 bits per heavy atom. The molecular formula is C19H22ClN3O3. The molecule has 2 aromatic rings. The van der Waals surface area contributed by atoms with Gasteiger partial charge >= 0.3 is 0 Å². The first-order valence-corrected chi connectivity index (χ1v) is 8.97. The molecule has 0 aliphatic carbocycles. The fraction of sp³-hybridized carbons (Fsp3) is 0.368. The minimum Gasteiger partial charge on any atom is -0.508 e. The highest BCUT2D eigenvalue weighted by Gasteiger charge is 2.29. The number of phenols is 1. The molecule has 1 saturated heterocycles. The van der Waals surface area contributed by atoms with Crippen LogP contribution >= 0.6 is 11.6 Å². The smallest absolute Gasteiger partial charge is 0.255 e. The van der Waals surface area contributed by atoms with Gasteiger partial charge in [0, 0.05) is 42.0 Å². The third-order valence-corrected chi connectivity index (χ3v) is 5.44. The molecule has 138 valence electrons. The van der Waals surface area contributed by atoms with Crippen molar-refractivity contribution in [1.29, 1.82) is 0 Å².